The summed E-state index contributed by atoms with van der Waals surface area (Å²) in [6, 6.07) is 10.3. The second-order valence-corrected chi connectivity index (χ2v) is 10.00. The van der Waals surface area contributed by atoms with Gasteiger partial charge in [-0.3, -0.25) is 14.6 Å². The highest BCUT2D eigenvalue weighted by atomic mass is 16.2. The Kier molecular flexibility index (Phi) is 7.12. The molecule has 1 amide bonds. The van der Waals surface area contributed by atoms with Crippen LogP contribution in [0.15, 0.2) is 24.3 Å². The summed E-state index contributed by atoms with van der Waals surface area (Å²) >= 11 is 0. The second kappa shape index (κ2) is 9.80. The molecular formula is C25H40N4O. The van der Waals surface area contributed by atoms with Crippen LogP contribution in [-0.4, -0.2) is 98.0 Å². The van der Waals surface area contributed by atoms with E-state index in [9.17, 15) is 4.79 Å². The molecule has 2 fully saturated rings. The number of benzene rings is 1. The minimum atomic E-state index is 0.188. The number of hydrogen-bond donors (Lipinski definition) is 0. The molecule has 1 aliphatic carbocycles. The first-order chi connectivity index (χ1) is 14.5. The maximum Gasteiger partial charge on any atom is 0.226 e. The fourth-order valence-corrected chi connectivity index (χ4v) is 5.72. The van der Waals surface area contributed by atoms with Gasteiger partial charge in [-0.15, -0.1) is 0 Å². The van der Waals surface area contributed by atoms with Crippen LogP contribution in [0.25, 0.3) is 0 Å². The van der Waals surface area contributed by atoms with Crippen LogP contribution >= 0.6 is 0 Å². The molecule has 1 atom stereocenters. The van der Waals surface area contributed by atoms with E-state index in [4.69, 9.17) is 0 Å². The predicted molar refractivity (Wildman–Crippen MR) is 123 cm³/mol. The minimum Gasteiger partial charge on any atom is -0.344 e. The Hall–Kier alpha value is -1.43. The smallest absolute Gasteiger partial charge is 0.226 e. The van der Waals surface area contributed by atoms with E-state index in [0.717, 1.165) is 32.5 Å². The molecule has 0 N–H and O–H groups in total. The summed E-state index contributed by atoms with van der Waals surface area (Å²) in [7, 11) is 6.11. The van der Waals surface area contributed by atoms with Gasteiger partial charge in [0.05, 0.1) is 5.92 Å². The molecular weight excluding hydrogens is 372 g/mol. The lowest BCUT2D eigenvalue weighted by Gasteiger charge is -2.43. The maximum absolute atomic E-state index is 12.9. The van der Waals surface area contributed by atoms with Gasteiger partial charge in [0, 0.05) is 38.8 Å². The molecule has 0 aromatic heterocycles. The van der Waals surface area contributed by atoms with E-state index in [2.05, 4.69) is 53.1 Å². The predicted octanol–water partition coefficient (Wildman–Crippen LogP) is 2.35. The lowest BCUT2D eigenvalue weighted by atomic mass is 9.92. The van der Waals surface area contributed by atoms with Gasteiger partial charge in [0.25, 0.3) is 0 Å². The zero-order chi connectivity index (χ0) is 21.1. The van der Waals surface area contributed by atoms with Gasteiger partial charge in [0.15, 0.2) is 0 Å². The molecule has 1 aromatic rings. The van der Waals surface area contributed by atoms with Gasteiger partial charge in [0.1, 0.15) is 0 Å². The average molecular weight is 413 g/mol. The first kappa shape index (κ1) is 21.8. The van der Waals surface area contributed by atoms with Crippen LogP contribution in [0.4, 0.5) is 0 Å². The molecule has 2 heterocycles. The van der Waals surface area contributed by atoms with Crippen LogP contribution in [0.1, 0.15) is 36.8 Å². The lowest BCUT2D eigenvalue weighted by molar-refractivity contribution is -0.136. The maximum atomic E-state index is 12.9. The zero-order valence-corrected chi connectivity index (χ0v) is 19.2. The molecule has 2 aliphatic heterocycles. The summed E-state index contributed by atoms with van der Waals surface area (Å²) in [4.78, 5) is 22.4. The SMILES string of the molecule is CN(C)CCN(C)C(=O)[C@H]1CCCN(C2CCN(C3Cc4ccccc4C3)CC2)C1. The second-order valence-electron chi connectivity index (χ2n) is 10.00. The summed E-state index contributed by atoms with van der Waals surface area (Å²) in [5, 5.41) is 0. The van der Waals surface area contributed by atoms with Crippen molar-refractivity contribution in [3.8, 4) is 0 Å². The normalized spacial score (nSPS) is 24.3. The number of nitrogens with zero attached hydrogens (tertiary/aromatic N) is 4. The largest absolute Gasteiger partial charge is 0.344 e. The first-order valence-electron chi connectivity index (χ1n) is 12.0. The van der Waals surface area contributed by atoms with Crippen molar-refractivity contribution in [3.05, 3.63) is 35.4 Å². The minimum absolute atomic E-state index is 0.188. The van der Waals surface area contributed by atoms with E-state index in [0.29, 0.717) is 18.0 Å². The van der Waals surface area contributed by atoms with Gasteiger partial charge in [-0.2, -0.15) is 0 Å². The van der Waals surface area contributed by atoms with Gasteiger partial charge in [-0.25, -0.2) is 0 Å². The van der Waals surface area contributed by atoms with Gasteiger partial charge in [0.2, 0.25) is 5.91 Å². The third kappa shape index (κ3) is 5.06. The van der Waals surface area contributed by atoms with E-state index in [1.807, 2.05) is 11.9 Å². The number of carbonyl (C=O) groups excluding carboxylic acids is 1. The molecule has 0 spiro atoms. The van der Waals surface area contributed by atoms with Crippen molar-refractivity contribution in [1.82, 2.24) is 19.6 Å². The third-order valence-electron chi connectivity index (χ3n) is 7.62. The lowest BCUT2D eigenvalue weighted by Crippen LogP contribution is -2.52. The third-order valence-corrected chi connectivity index (χ3v) is 7.62. The summed E-state index contributed by atoms with van der Waals surface area (Å²) in [6.07, 6.45) is 7.17. The Morgan fingerprint density at radius 3 is 2.20 bits per heavy atom. The van der Waals surface area contributed by atoms with Gasteiger partial charge < -0.3 is 9.80 Å². The molecule has 0 saturated carbocycles. The highest BCUT2D eigenvalue weighted by Crippen LogP contribution is 2.30. The van der Waals surface area contributed by atoms with Crippen LogP contribution in [0.3, 0.4) is 0 Å². The highest BCUT2D eigenvalue weighted by molar-refractivity contribution is 5.78. The van der Waals surface area contributed by atoms with Crippen molar-refractivity contribution in [2.45, 2.75) is 50.6 Å². The van der Waals surface area contributed by atoms with E-state index in [1.54, 1.807) is 11.1 Å². The van der Waals surface area contributed by atoms with Gasteiger partial charge >= 0.3 is 0 Å². The average Bonchev–Trinajstić information content (AvgIpc) is 3.21. The molecule has 2 saturated heterocycles. The molecule has 30 heavy (non-hydrogen) atoms. The molecule has 4 rings (SSSR count). The number of likely N-dealkylation sites (N-methyl/N-ethyl adjacent to an activating group) is 2. The number of amides is 1. The molecule has 166 valence electrons. The molecule has 1 aromatic carbocycles. The van der Waals surface area contributed by atoms with Crippen LogP contribution in [0.2, 0.25) is 0 Å². The number of hydrogen-bond acceptors (Lipinski definition) is 4. The number of likely N-dealkylation sites (tertiary alicyclic amines) is 2. The molecule has 5 heteroatoms. The van der Waals surface area contributed by atoms with Crippen molar-refractivity contribution in [1.29, 1.82) is 0 Å². The summed E-state index contributed by atoms with van der Waals surface area (Å²) in [5.41, 5.74) is 3.11. The highest BCUT2D eigenvalue weighted by Gasteiger charge is 2.35. The molecule has 0 radical (unpaired) electrons. The standard InChI is InChI=1S/C25H40N4O/c1-26(2)15-16-27(3)25(30)22-9-6-12-29(19-22)23-10-13-28(14-11-23)24-17-20-7-4-5-8-21(20)18-24/h4-5,7-8,22-24H,6,9-19H2,1-3H3/t22-/m0/s1. The van der Waals surface area contributed by atoms with Crippen molar-refractivity contribution >= 4 is 5.91 Å². The number of carbonyl (C=O) groups is 1. The Morgan fingerprint density at radius 2 is 1.57 bits per heavy atom. The van der Waals surface area contributed by atoms with Gasteiger partial charge in [-0.1, -0.05) is 24.3 Å². The van der Waals surface area contributed by atoms with Crippen LogP contribution in [0, 0.1) is 5.92 Å². The Morgan fingerprint density at radius 1 is 0.900 bits per heavy atom. The van der Waals surface area contributed by atoms with Crippen LogP contribution < -0.4 is 0 Å². The summed E-state index contributed by atoms with van der Waals surface area (Å²) in [6.45, 7) is 6.31. The van der Waals surface area contributed by atoms with Crippen molar-refractivity contribution in [3.63, 3.8) is 0 Å². The monoisotopic (exact) mass is 412 g/mol. The van der Waals surface area contributed by atoms with E-state index < -0.39 is 0 Å². The van der Waals surface area contributed by atoms with Crippen molar-refractivity contribution in [2.24, 2.45) is 5.92 Å². The van der Waals surface area contributed by atoms with E-state index >= 15 is 0 Å². The summed E-state index contributed by atoms with van der Waals surface area (Å²) in [5.74, 6) is 0.538. The van der Waals surface area contributed by atoms with E-state index in [-0.39, 0.29) is 5.92 Å². The quantitative estimate of drug-likeness (QED) is 0.718. The fraction of sp³-hybridized carbons (Fsp3) is 0.720. The molecule has 5 nitrogen and oxygen atoms in total. The van der Waals surface area contributed by atoms with Crippen LogP contribution in [-0.2, 0) is 17.6 Å². The van der Waals surface area contributed by atoms with Gasteiger partial charge in [-0.05, 0) is 83.4 Å². The number of rotatable bonds is 6. The number of piperidine rings is 2. The van der Waals surface area contributed by atoms with Crippen molar-refractivity contribution < 1.29 is 4.79 Å². The van der Waals surface area contributed by atoms with E-state index in [1.165, 1.54) is 45.3 Å². The molecule has 3 aliphatic rings. The van der Waals surface area contributed by atoms with Crippen LogP contribution in [0.5, 0.6) is 0 Å². The summed E-state index contributed by atoms with van der Waals surface area (Å²) < 4.78 is 0. The topological polar surface area (TPSA) is 30.0 Å². The Bertz CT molecular complexity index is 688. The Balaban J connectivity index is 1.25. The molecule has 0 bridgehead atoms. The van der Waals surface area contributed by atoms with Crippen molar-refractivity contribution in [2.75, 3.05) is 60.4 Å². The number of fused-ring (bicyclic) bond motifs is 1. The Labute approximate surface area is 183 Å². The first-order valence-corrected chi connectivity index (χ1v) is 12.0. The zero-order valence-electron chi connectivity index (χ0n) is 19.2. The molecule has 0 unspecified atom stereocenters. The fourth-order valence-electron chi connectivity index (χ4n) is 5.72.